The van der Waals surface area contributed by atoms with Crippen molar-refractivity contribution in [3.8, 4) is 0 Å². The lowest BCUT2D eigenvalue weighted by Crippen LogP contribution is -2.43. The highest BCUT2D eigenvalue weighted by Crippen LogP contribution is 2.36. The van der Waals surface area contributed by atoms with Crippen molar-refractivity contribution in [2.45, 2.75) is 39.0 Å². The van der Waals surface area contributed by atoms with Crippen molar-refractivity contribution in [1.82, 2.24) is 10.2 Å². The first-order chi connectivity index (χ1) is 12.0. The summed E-state index contributed by atoms with van der Waals surface area (Å²) in [7, 11) is 0. The minimum Gasteiger partial charge on any atom is -0.396 e. The van der Waals surface area contributed by atoms with Crippen LogP contribution in [0.3, 0.4) is 0 Å². The van der Waals surface area contributed by atoms with Crippen LogP contribution in [-0.4, -0.2) is 35.0 Å². The van der Waals surface area contributed by atoms with E-state index in [0.29, 0.717) is 12.3 Å². The average molecular weight is 343 g/mol. The van der Waals surface area contributed by atoms with Gasteiger partial charge in [0.15, 0.2) is 5.82 Å². The molecule has 0 radical (unpaired) electrons. The third-order valence-corrected chi connectivity index (χ3v) is 5.21. The molecule has 1 N–H and O–H groups in total. The number of hydrogen-bond donors (Lipinski definition) is 1. The summed E-state index contributed by atoms with van der Waals surface area (Å²) in [6, 6.07) is 10.8. The first kappa shape index (κ1) is 17.8. The highest BCUT2D eigenvalue weighted by Gasteiger charge is 2.34. The average Bonchev–Trinajstić information content (AvgIpc) is 2.62. The standard InChI is InChI=1S/C20H26FN3O/c1-15(2)18-6-7-19(23-22-18)24-10-8-20(14-25,9-11-24)13-16-4-3-5-17(21)12-16/h3-7,12,15,25H,8-11,13-14H2,1-2H3. The van der Waals surface area contributed by atoms with Gasteiger partial charge in [-0.1, -0.05) is 26.0 Å². The van der Waals surface area contributed by atoms with Gasteiger partial charge >= 0.3 is 0 Å². The molecule has 0 unspecified atom stereocenters. The number of aliphatic hydroxyl groups is 1. The predicted octanol–water partition coefficient (Wildman–Crippen LogP) is 3.56. The molecule has 0 amide bonds. The van der Waals surface area contributed by atoms with Crippen molar-refractivity contribution in [3.63, 3.8) is 0 Å². The Balaban J connectivity index is 1.66. The molecule has 5 heteroatoms. The number of hydrogen-bond acceptors (Lipinski definition) is 4. The van der Waals surface area contributed by atoms with Crippen LogP contribution in [0.15, 0.2) is 36.4 Å². The van der Waals surface area contributed by atoms with Gasteiger partial charge in [-0.25, -0.2) is 4.39 Å². The van der Waals surface area contributed by atoms with Crippen LogP contribution < -0.4 is 4.90 Å². The zero-order valence-corrected chi connectivity index (χ0v) is 15.0. The number of halogens is 1. The summed E-state index contributed by atoms with van der Waals surface area (Å²) in [5, 5.41) is 18.6. The Morgan fingerprint density at radius 3 is 2.48 bits per heavy atom. The number of aromatic nitrogens is 2. The summed E-state index contributed by atoms with van der Waals surface area (Å²) in [4.78, 5) is 2.22. The molecule has 0 atom stereocenters. The Kier molecular flexibility index (Phi) is 5.33. The fraction of sp³-hybridized carbons (Fsp3) is 0.500. The molecule has 0 bridgehead atoms. The highest BCUT2D eigenvalue weighted by atomic mass is 19.1. The third kappa shape index (κ3) is 4.15. The number of anilines is 1. The molecular weight excluding hydrogens is 317 g/mol. The Morgan fingerprint density at radius 2 is 1.92 bits per heavy atom. The Labute approximate surface area is 148 Å². The summed E-state index contributed by atoms with van der Waals surface area (Å²) in [6.07, 6.45) is 2.41. The molecule has 1 saturated heterocycles. The summed E-state index contributed by atoms with van der Waals surface area (Å²) in [5.74, 6) is 1.04. The van der Waals surface area contributed by atoms with Gasteiger partial charge in [-0.05, 0) is 55.0 Å². The van der Waals surface area contributed by atoms with Gasteiger partial charge in [-0.15, -0.1) is 5.10 Å². The minimum atomic E-state index is -0.219. The molecule has 0 spiro atoms. The second kappa shape index (κ2) is 7.48. The second-order valence-electron chi connectivity index (χ2n) is 7.42. The van der Waals surface area contributed by atoms with E-state index in [2.05, 4.69) is 28.9 Å². The van der Waals surface area contributed by atoms with E-state index in [9.17, 15) is 9.50 Å². The molecule has 1 aromatic carbocycles. The Bertz CT molecular complexity index is 694. The van der Waals surface area contributed by atoms with E-state index in [-0.39, 0.29) is 17.8 Å². The maximum atomic E-state index is 13.4. The van der Waals surface area contributed by atoms with Crippen molar-refractivity contribution < 1.29 is 9.50 Å². The van der Waals surface area contributed by atoms with E-state index in [4.69, 9.17) is 0 Å². The molecule has 25 heavy (non-hydrogen) atoms. The lowest BCUT2D eigenvalue weighted by Gasteiger charge is -2.41. The van der Waals surface area contributed by atoms with Crippen LogP contribution in [0.2, 0.25) is 0 Å². The molecule has 1 aromatic heterocycles. The maximum absolute atomic E-state index is 13.4. The van der Waals surface area contributed by atoms with Crippen LogP contribution in [0.4, 0.5) is 10.2 Å². The fourth-order valence-electron chi connectivity index (χ4n) is 3.49. The lowest BCUT2D eigenvalue weighted by molar-refractivity contribution is 0.0960. The maximum Gasteiger partial charge on any atom is 0.151 e. The third-order valence-electron chi connectivity index (χ3n) is 5.21. The van der Waals surface area contributed by atoms with Crippen molar-refractivity contribution in [2.24, 2.45) is 5.41 Å². The molecule has 2 aromatic rings. The normalized spacial score (nSPS) is 17.1. The summed E-state index contributed by atoms with van der Waals surface area (Å²) in [6.45, 7) is 5.98. The molecule has 134 valence electrons. The smallest absolute Gasteiger partial charge is 0.151 e. The lowest BCUT2D eigenvalue weighted by atomic mass is 9.74. The SMILES string of the molecule is CC(C)c1ccc(N2CCC(CO)(Cc3cccc(F)c3)CC2)nn1. The van der Waals surface area contributed by atoms with Crippen molar-refractivity contribution in [2.75, 3.05) is 24.6 Å². The van der Waals surface area contributed by atoms with Gasteiger partial charge in [0, 0.05) is 25.1 Å². The topological polar surface area (TPSA) is 49.2 Å². The van der Waals surface area contributed by atoms with E-state index in [1.54, 1.807) is 12.1 Å². The fourth-order valence-corrected chi connectivity index (χ4v) is 3.49. The molecule has 1 aliphatic rings. The number of piperidine rings is 1. The summed E-state index contributed by atoms with van der Waals surface area (Å²) < 4.78 is 13.4. The Morgan fingerprint density at radius 1 is 1.16 bits per heavy atom. The van der Waals surface area contributed by atoms with E-state index in [1.807, 2.05) is 18.2 Å². The van der Waals surface area contributed by atoms with Crippen LogP contribution in [0.1, 0.15) is 43.9 Å². The molecule has 3 rings (SSSR count). The van der Waals surface area contributed by atoms with Gasteiger partial charge in [-0.3, -0.25) is 0 Å². The molecule has 0 aliphatic carbocycles. The largest absolute Gasteiger partial charge is 0.396 e. The van der Waals surface area contributed by atoms with Crippen molar-refractivity contribution in [3.05, 3.63) is 53.5 Å². The summed E-state index contributed by atoms with van der Waals surface area (Å²) in [5.41, 5.74) is 1.76. The second-order valence-corrected chi connectivity index (χ2v) is 7.42. The molecular formula is C20H26FN3O. The zero-order valence-electron chi connectivity index (χ0n) is 15.0. The van der Waals surface area contributed by atoms with E-state index in [0.717, 1.165) is 43.0 Å². The van der Waals surface area contributed by atoms with Crippen molar-refractivity contribution >= 4 is 5.82 Å². The van der Waals surface area contributed by atoms with Gasteiger partial charge < -0.3 is 10.0 Å². The van der Waals surface area contributed by atoms with Gasteiger partial charge in [0.25, 0.3) is 0 Å². The van der Waals surface area contributed by atoms with Crippen LogP contribution in [-0.2, 0) is 6.42 Å². The molecule has 0 saturated carbocycles. The van der Waals surface area contributed by atoms with E-state index < -0.39 is 0 Å². The molecule has 2 heterocycles. The number of benzene rings is 1. The zero-order chi connectivity index (χ0) is 17.9. The highest BCUT2D eigenvalue weighted by molar-refractivity contribution is 5.38. The first-order valence-electron chi connectivity index (χ1n) is 8.95. The van der Waals surface area contributed by atoms with E-state index >= 15 is 0 Å². The van der Waals surface area contributed by atoms with Crippen LogP contribution in [0.25, 0.3) is 0 Å². The van der Waals surface area contributed by atoms with Crippen LogP contribution >= 0.6 is 0 Å². The Hall–Kier alpha value is -2.01. The molecule has 4 nitrogen and oxygen atoms in total. The molecule has 1 fully saturated rings. The first-order valence-corrected chi connectivity index (χ1v) is 8.95. The summed E-state index contributed by atoms with van der Waals surface area (Å²) >= 11 is 0. The minimum absolute atomic E-state index is 0.120. The monoisotopic (exact) mass is 343 g/mol. The molecule has 1 aliphatic heterocycles. The van der Waals surface area contributed by atoms with Gasteiger partial charge in [0.2, 0.25) is 0 Å². The van der Waals surface area contributed by atoms with Gasteiger partial charge in [-0.2, -0.15) is 5.10 Å². The van der Waals surface area contributed by atoms with Crippen molar-refractivity contribution in [1.29, 1.82) is 0 Å². The number of nitrogens with zero attached hydrogens (tertiary/aromatic N) is 3. The number of rotatable bonds is 5. The number of aliphatic hydroxyl groups excluding tert-OH is 1. The van der Waals surface area contributed by atoms with Crippen LogP contribution in [0.5, 0.6) is 0 Å². The quantitative estimate of drug-likeness (QED) is 0.902. The van der Waals surface area contributed by atoms with Gasteiger partial charge in [0.1, 0.15) is 5.82 Å². The van der Waals surface area contributed by atoms with Gasteiger partial charge in [0.05, 0.1) is 5.69 Å². The van der Waals surface area contributed by atoms with Crippen LogP contribution in [0, 0.1) is 11.2 Å². The predicted molar refractivity (Wildman–Crippen MR) is 97.2 cm³/mol. The van der Waals surface area contributed by atoms with E-state index in [1.165, 1.54) is 6.07 Å².